The summed E-state index contributed by atoms with van der Waals surface area (Å²) in [5.74, 6) is 1.56. The number of pyridine rings is 1. The van der Waals surface area contributed by atoms with E-state index in [0.717, 1.165) is 50.1 Å². The van der Waals surface area contributed by atoms with Crippen LogP contribution in [0.25, 0.3) is 22.0 Å². The van der Waals surface area contributed by atoms with Crippen LogP contribution >= 0.6 is 34.7 Å². The molecule has 4 aromatic rings. The van der Waals surface area contributed by atoms with Crippen molar-refractivity contribution < 1.29 is 0 Å². The molecule has 27 heavy (non-hydrogen) atoms. The maximum absolute atomic E-state index is 6.28. The normalized spacial score (nSPS) is 11.0. The van der Waals surface area contributed by atoms with Crippen molar-refractivity contribution in [3.8, 4) is 22.0 Å². The summed E-state index contributed by atoms with van der Waals surface area (Å²) in [6.45, 7) is 2.88. The highest BCUT2D eigenvalue weighted by Gasteiger charge is 2.14. The van der Waals surface area contributed by atoms with Gasteiger partial charge in [-0.25, -0.2) is 4.98 Å². The minimum atomic E-state index is 0.720. The second-order valence-electron chi connectivity index (χ2n) is 5.70. The van der Waals surface area contributed by atoms with E-state index in [1.165, 1.54) is 0 Å². The zero-order valence-electron chi connectivity index (χ0n) is 14.5. The van der Waals surface area contributed by atoms with Crippen molar-refractivity contribution in [2.75, 3.05) is 0 Å². The summed E-state index contributed by atoms with van der Waals surface area (Å²) in [7, 11) is 0. The Hall–Kier alpha value is -2.22. The zero-order chi connectivity index (χ0) is 18.6. The number of hydrogen-bond donors (Lipinski definition) is 0. The number of rotatable bonds is 6. The number of thioether (sulfide) groups is 1. The third-order valence-corrected chi connectivity index (χ3v) is 6.21. The highest BCUT2D eigenvalue weighted by atomic mass is 35.5. The Morgan fingerprint density at radius 3 is 2.81 bits per heavy atom. The first-order valence-electron chi connectivity index (χ1n) is 8.42. The van der Waals surface area contributed by atoms with Crippen LogP contribution in [0.3, 0.4) is 0 Å². The molecule has 0 unspecified atom stereocenters. The standard InChI is InChI=1S/C19H16ClN5S2/c1-2-25-17(13-6-5-9-21-10-13)23-24-19(25)27-12-14-11-26-18(22-14)15-7-3-4-8-16(15)20/h3-11H,2,12H2,1H3. The molecule has 0 aliphatic carbocycles. The molecule has 4 rings (SSSR count). The van der Waals surface area contributed by atoms with E-state index < -0.39 is 0 Å². The van der Waals surface area contributed by atoms with Crippen LogP contribution in [0.1, 0.15) is 12.6 Å². The average Bonchev–Trinajstić information content (AvgIpc) is 3.34. The first-order chi connectivity index (χ1) is 13.3. The van der Waals surface area contributed by atoms with Crippen LogP contribution in [0.4, 0.5) is 0 Å². The number of nitrogens with zero attached hydrogens (tertiary/aromatic N) is 5. The van der Waals surface area contributed by atoms with Gasteiger partial charge in [0.15, 0.2) is 11.0 Å². The van der Waals surface area contributed by atoms with Gasteiger partial charge >= 0.3 is 0 Å². The minimum Gasteiger partial charge on any atom is -0.302 e. The molecule has 0 N–H and O–H groups in total. The summed E-state index contributed by atoms with van der Waals surface area (Å²) in [6.07, 6.45) is 3.56. The van der Waals surface area contributed by atoms with Crippen LogP contribution in [0.2, 0.25) is 5.02 Å². The quantitative estimate of drug-likeness (QED) is 0.394. The Morgan fingerprint density at radius 2 is 2.04 bits per heavy atom. The topological polar surface area (TPSA) is 56.5 Å². The van der Waals surface area contributed by atoms with Gasteiger partial charge in [0, 0.05) is 41.2 Å². The van der Waals surface area contributed by atoms with E-state index in [4.69, 9.17) is 16.6 Å². The van der Waals surface area contributed by atoms with E-state index in [1.807, 2.05) is 36.4 Å². The molecule has 0 radical (unpaired) electrons. The van der Waals surface area contributed by atoms with E-state index in [1.54, 1.807) is 35.5 Å². The molecule has 136 valence electrons. The molecule has 1 aromatic carbocycles. The second-order valence-corrected chi connectivity index (χ2v) is 7.91. The zero-order valence-corrected chi connectivity index (χ0v) is 16.9. The summed E-state index contributed by atoms with van der Waals surface area (Å²) >= 11 is 9.51. The molecule has 0 fully saturated rings. The van der Waals surface area contributed by atoms with Crippen LogP contribution < -0.4 is 0 Å². The molecule has 0 spiro atoms. The van der Waals surface area contributed by atoms with E-state index in [-0.39, 0.29) is 0 Å². The molecule has 5 nitrogen and oxygen atoms in total. The third kappa shape index (κ3) is 3.90. The van der Waals surface area contributed by atoms with E-state index in [9.17, 15) is 0 Å². The molecule has 3 heterocycles. The summed E-state index contributed by atoms with van der Waals surface area (Å²) in [4.78, 5) is 8.89. The van der Waals surface area contributed by atoms with Crippen molar-refractivity contribution in [2.24, 2.45) is 0 Å². The first kappa shape index (κ1) is 18.2. The number of hydrogen-bond acceptors (Lipinski definition) is 6. The lowest BCUT2D eigenvalue weighted by atomic mass is 10.2. The predicted octanol–water partition coefficient (Wildman–Crippen LogP) is 5.43. The van der Waals surface area contributed by atoms with E-state index >= 15 is 0 Å². The fraction of sp³-hybridized carbons (Fsp3) is 0.158. The Bertz CT molecular complexity index is 1050. The molecular weight excluding hydrogens is 398 g/mol. The van der Waals surface area contributed by atoms with Crippen molar-refractivity contribution in [1.29, 1.82) is 0 Å². The van der Waals surface area contributed by atoms with Crippen LogP contribution in [-0.4, -0.2) is 24.7 Å². The largest absolute Gasteiger partial charge is 0.302 e. The Morgan fingerprint density at radius 1 is 1.15 bits per heavy atom. The predicted molar refractivity (Wildman–Crippen MR) is 111 cm³/mol. The van der Waals surface area contributed by atoms with Gasteiger partial charge in [-0.1, -0.05) is 41.6 Å². The SMILES string of the molecule is CCn1c(SCc2csc(-c3ccccc3Cl)n2)nnc1-c1cccnc1. The molecule has 0 saturated heterocycles. The van der Waals surface area contributed by atoms with E-state index in [2.05, 4.69) is 32.1 Å². The van der Waals surface area contributed by atoms with Gasteiger partial charge < -0.3 is 4.57 Å². The number of benzene rings is 1. The van der Waals surface area contributed by atoms with Gasteiger partial charge in [-0.15, -0.1) is 21.5 Å². The third-order valence-electron chi connectivity index (χ3n) is 3.96. The van der Waals surface area contributed by atoms with Crippen molar-refractivity contribution in [3.63, 3.8) is 0 Å². The van der Waals surface area contributed by atoms with Gasteiger partial charge in [-0.2, -0.15) is 0 Å². The lowest BCUT2D eigenvalue weighted by Crippen LogP contribution is -2.00. The van der Waals surface area contributed by atoms with Crippen LogP contribution in [-0.2, 0) is 12.3 Å². The van der Waals surface area contributed by atoms with Crippen LogP contribution in [0, 0.1) is 0 Å². The van der Waals surface area contributed by atoms with Gasteiger partial charge in [-0.3, -0.25) is 4.98 Å². The van der Waals surface area contributed by atoms with Crippen molar-refractivity contribution in [3.05, 3.63) is 64.9 Å². The Balaban J connectivity index is 1.52. The maximum atomic E-state index is 6.28. The van der Waals surface area contributed by atoms with Gasteiger partial charge in [0.25, 0.3) is 0 Å². The summed E-state index contributed by atoms with van der Waals surface area (Å²) in [5.41, 5.74) is 2.94. The number of aromatic nitrogens is 5. The van der Waals surface area contributed by atoms with Gasteiger partial charge in [-0.05, 0) is 25.1 Å². The smallest absolute Gasteiger partial charge is 0.191 e. The molecule has 0 bridgehead atoms. The number of thiazole rings is 1. The molecule has 8 heteroatoms. The van der Waals surface area contributed by atoms with Crippen molar-refractivity contribution in [1.82, 2.24) is 24.7 Å². The summed E-state index contributed by atoms with van der Waals surface area (Å²) in [6, 6.07) is 11.7. The summed E-state index contributed by atoms with van der Waals surface area (Å²) in [5, 5.41) is 13.3. The van der Waals surface area contributed by atoms with Crippen LogP contribution in [0.15, 0.2) is 59.3 Å². The first-order valence-corrected chi connectivity index (χ1v) is 10.7. The number of halogens is 1. The monoisotopic (exact) mass is 413 g/mol. The highest BCUT2D eigenvalue weighted by molar-refractivity contribution is 7.98. The van der Waals surface area contributed by atoms with Crippen molar-refractivity contribution >= 4 is 34.7 Å². The van der Waals surface area contributed by atoms with Crippen molar-refractivity contribution in [2.45, 2.75) is 24.4 Å². The van der Waals surface area contributed by atoms with E-state index in [0.29, 0.717) is 0 Å². The molecule has 3 aromatic heterocycles. The second kappa shape index (κ2) is 8.21. The molecule has 0 amide bonds. The molecule has 0 saturated carbocycles. The maximum Gasteiger partial charge on any atom is 0.191 e. The minimum absolute atomic E-state index is 0.720. The van der Waals surface area contributed by atoms with Gasteiger partial charge in [0.05, 0.1) is 10.7 Å². The average molecular weight is 414 g/mol. The summed E-state index contributed by atoms with van der Waals surface area (Å²) < 4.78 is 2.10. The molecular formula is C19H16ClN5S2. The lowest BCUT2D eigenvalue weighted by molar-refractivity contribution is 0.687. The highest BCUT2D eigenvalue weighted by Crippen LogP contribution is 2.32. The lowest BCUT2D eigenvalue weighted by Gasteiger charge is -2.06. The van der Waals surface area contributed by atoms with Crippen LogP contribution in [0.5, 0.6) is 0 Å². The van der Waals surface area contributed by atoms with Gasteiger partial charge in [0.2, 0.25) is 0 Å². The Kier molecular flexibility index (Phi) is 5.52. The molecule has 0 aliphatic heterocycles. The fourth-order valence-corrected chi connectivity index (χ4v) is 4.80. The molecule has 0 atom stereocenters. The molecule has 0 aliphatic rings. The fourth-order valence-electron chi connectivity index (χ4n) is 2.66. The Labute approximate surface area is 170 Å². The van der Waals surface area contributed by atoms with Gasteiger partial charge in [0.1, 0.15) is 5.01 Å².